The zero-order valence-corrected chi connectivity index (χ0v) is 22.3. The number of nitrogen functional groups attached to an aromatic ring is 1. The Hall–Kier alpha value is -3.60. The fraction of sp³-hybridized carbons (Fsp3) is 0.321. The van der Waals surface area contributed by atoms with E-state index in [0.29, 0.717) is 18.0 Å². The van der Waals surface area contributed by atoms with Crippen LogP contribution < -0.4 is 15.8 Å². The quantitative estimate of drug-likeness (QED) is 0.242. The summed E-state index contributed by atoms with van der Waals surface area (Å²) in [4.78, 5) is 11.6. The van der Waals surface area contributed by atoms with Crippen molar-refractivity contribution in [2.24, 2.45) is 5.92 Å². The van der Waals surface area contributed by atoms with Gasteiger partial charge in [-0.25, -0.2) is 13.2 Å². The van der Waals surface area contributed by atoms with Gasteiger partial charge in [0.25, 0.3) is 0 Å². The Morgan fingerprint density at radius 1 is 0.947 bits per heavy atom. The Morgan fingerprint density at radius 2 is 1.58 bits per heavy atom. The minimum Gasteiger partial charge on any atom is -0.489 e. The lowest BCUT2D eigenvalue weighted by atomic mass is 10.0. The van der Waals surface area contributed by atoms with E-state index in [4.69, 9.17) is 10.5 Å². The first-order valence-electron chi connectivity index (χ1n) is 12.3. The van der Waals surface area contributed by atoms with E-state index in [9.17, 15) is 23.4 Å². The van der Waals surface area contributed by atoms with Gasteiger partial charge in [-0.3, -0.25) is 0 Å². The molecular formula is C28H35N3O6S. The van der Waals surface area contributed by atoms with E-state index in [0.717, 1.165) is 11.1 Å². The van der Waals surface area contributed by atoms with Gasteiger partial charge < -0.3 is 26.0 Å². The van der Waals surface area contributed by atoms with Crippen LogP contribution in [0.1, 0.15) is 25.0 Å². The molecule has 0 heterocycles. The Balaban J connectivity index is 1.72. The van der Waals surface area contributed by atoms with E-state index >= 15 is 0 Å². The number of sulfonamides is 1. The molecule has 3 aromatic rings. The van der Waals surface area contributed by atoms with E-state index in [1.807, 2.05) is 44.2 Å². The molecule has 9 nitrogen and oxygen atoms in total. The van der Waals surface area contributed by atoms with Gasteiger partial charge in [-0.15, -0.1) is 0 Å². The monoisotopic (exact) mass is 541 g/mol. The number of carboxylic acid groups (broad SMARTS) is 1. The summed E-state index contributed by atoms with van der Waals surface area (Å²) in [5.41, 5.74) is 7.92. The van der Waals surface area contributed by atoms with Gasteiger partial charge in [0.15, 0.2) is 0 Å². The molecule has 0 saturated heterocycles. The molecule has 0 radical (unpaired) electrons. The van der Waals surface area contributed by atoms with Gasteiger partial charge in [0.1, 0.15) is 12.4 Å². The maximum Gasteiger partial charge on any atom is 0.404 e. The van der Waals surface area contributed by atoms with Gasteiger partial charge in [0.2, 0.25) is 10.0 Å². The summed E-state index contributed by atoms with van der Waals surface area (Å²) in [6, 6.07) is 21.8. The molecule has 0 unspecified atom stereocenters. The molecule has 5 N–H and O–H groups in total. The molecule has 0 saturated carbocycles. The fourth-order valence-corrected chi connectivity index (χ4v) is 5.58. The van der Waals surface area contributed by atoms with E-state index < -0.39 is 28.3 Å². The lowest BCUT2D eigenvalue weighted by Crippen LogP contribution is -2.50. The molecule has 3 rings (SSSR count). The number of hydrogen-bond acceptors (Lipinski definition) is 6. The number of hydrogen-bond donors (Lipinski definition) is 4. The third-order valence-corrected chi connectivity index (χ3v) is 7.72. The first-order chi connectivity index (χ1) is 18.0. The van der Waals surface area contributed by atoms with Gasteiger partial charge >= 0.3 is 6.09 Å². The van der Waals surface area contributed by atoms with Crippen LogP contribution in [0.15, 0.2) is 83.8 Å². The predicted octanol–water partition coefficient (Wildman–Crippen LogP) is 3.73. The number of aliphatic hydroxyl groups excluding tert-OH is 1. The van der Waals surface area contributed by atoms with Crippen LogP contribution in [0.3, 0.4) is 0 Å². The highest BCUT2D eigenvalue weighted by molar-refractivity contribution is 7.89. The van der Waals surface area contributed by atoms with Crippen molar-refractivity contribution in [1.82, 2.24) is 9.62 Å². The molecule has 38 heavy (non-hydrogen) atoms. The summed E-state index contributed by atoms with van der Waals surface area (Å²) in [7, 11) is -3.95. The first kappa shape index (κ1) is 29.0. The zero-order valence-electron chi connectivity index (χ0n) is 21.5. The highest BCUT2D eigenvalue weighted by Gasteiger charge is 2.31. The lowest BCUT2D eigenvalue weighted by Gasteiger charge is -2.30. The van der Waals surface area contributed by atoms with Crippen molar-refractivity contribution in [1.29, 1.82) is 0 Å². The van der Waals surface area contributed by atoms with Gasteiger partial charge in [-0.05, 0) is 59.9 Å². The van der Waals surface area contributed by atoms with E-state index in [2.05, 4.69) is 5.32 Å². The van der Waals surface area contributed by atoms with Gasteiger partial charge in [0, 0.05) is 18.8 Å². The number of rotatable bonds is 13. The third kappa shape index (κ3) is 8.47. The largest absolute Gasteiger partial charge is 0.489 e. The number of ether oxygens (including phenoxy) is 1. The second-order valence-corrected chi connectivity index (χ2v) is 11.5. The summed E-state index contributed by atoms with van der Waals surface area (Å²) in [6.45, 7) is 4.01. The number of aliphatic hydroxyl groups is 1. The van der Waals surface area contributed by atoms with Crippen molar-refractivity contribution >= 4 is 21.8 Å². The summed E-state index contributed by atoms with van der Waals surface area (Å²) in [6.07, 6.45) is -2.46. The van der Waals surface area contributed by atoms with Crippen LogP contribution in [-0.4, -0.2) is 54.3 Å². The molecule has 0 aliphatic carbocycles. The topological polar surface area (TPSA) is 142 Å². The molecule has 2 atom stereocenters. The average Bonchev–Trinajstić information content (AvgIpc) is 2.88. The van der Waals surface area contributed by atoms with Crippen molar-refractivity contribution in [2.75, 3.05) is 18.8 Å². The molecule has 0 bridgehead atoms. The molecule has 0 aliphatic heterocycles. The van der Waals surface area contributed by atoms with Gasteiger partial charge in [0.05, 0.1) is 17.0 Å². The van der Waals surface area contributed by atoms with E-state index in [1.165, 1.54) is 28.6 Å². The van der Waals surface area contributed by atoms with Crippen molar-refractivity contribution in [3.63, 3.8) is 0 Å². The molecule has 1 amide bonds. The van der Waals surface area contributed by atoms with Crippen LogP contribution in [0.4, 0.5) is 10.5 Å². The van der Waals surface area contributed by atoms with Crippen LogP contribution in [0.5, 0.6) is 5.75 Å². The molecule has 204 valence electrons. The van der Waals surface area contributed by atoms with E-state index in [1.54, 1.807) is 24.3 Å². The molecule has 0 aromatic heterocycles. The van der Waals surface area contributed by atoms with E-state index in [-0.39, 0.29) is 30.3 Å². The molecule has 10 heteroatoms. The maximum absolute atomic E-state index is 13.3. The highest BCUT2D eigenvalue weighted by atomic mass is 32.2. The number of nitrogens with zero attached hydrogens (tertiary/aromatic N) is 1. The van der Waals surface area contributed by atoms with Crippen LogP contribution >= 0.6 is 0 Å². The average molecular weight is 542 g/mol. The standard InChI is InChI=1S/C28H35N3O6S/c1-20(2)17-31(38(35,36)25-14-10-23(29)11-15-25)18-27(32)26(30-28(33)34)16-21-8-12-24(13-9-21)37-19-22-6-4-3-5-7-22/h3-15,20,26-27,30,32H,16-19,29H2,1-2H3,(H,33,34)/t26-,27+/m0/s1. The van der Waals surface area contributed by atoms with Crippen LogP contribution in [-0.2, 0) is 23.1 Å². The number of carbonyl (C=O) groups is 1. The minimum absolute atomic E-state index is 0.0277. The van der Waals surface area contributed by atoms with Crippen molar-refractivity contribution in [3.05, 3.63) is 90.0 Å². The summed E-state index contributed by atoms with van der Waals surface area (Å²) >= 11 is 0. The van der Waals surface area contributed by atoms with Crippen LogP contribution in [0.2, 0.25) is 0 Å². The number of amides is 1. The number of nitrogens with one attached hydrogen (secondary N) is 1. The number of benzene rings is 3. The molecule has 0 fully saturated rings. The SMILES string of the molecule is CC(C)CN(C[C@@H](O)[C@H](Cc1ccc(OCc2ccccc2)cc1)NC(=O)O)S(=O)(=O)c1ccc(N)cc1. The highest BCUT2D eigenvalue weighted by Crippen LogP contribution is 2.21. The van der Waals surface area contributed by atoms with Gasteiger partial charge in [-0.1, -0.05) is 56.3 Å². The second-order valence-electron chi connectivity index (χ2n) is 9.53. The molecule has 3 aromatic carbocycles. The van der Waals surface area contributed by atoms with Crippen molar-refractivity contribution in [3.8, 4) is 5.75 Å². The minimum atomic E-state index is -3.95. The van der Waals surface area contributed by atoms with Crippen molar-refractivity contribution in [2.45, 2.75) is 43.9 Å². The normalized spacial score (nSPS) is 13.3. The summed E-state index contributed by atoms with van der Waals surface area (Å²) in [5, 5.41) is 22.8. The first-order valence-corrected chi connectivity index (χ1v) is 13.8. The number of anilines is 1. The van der Waals surface area contributed by atoms with Gasteiger partial charge in [-0.2, -0.15) is 4.31 Å². The summed E-state index contributed by atoms with van der Waals surface area (Å²) < 4.78 is 33.7. The Morgan fingerprint density at radius 3 is 2.16 bits per heavy atom. The third-order valence-electron chi connectivity index (χ3n) is 5.88. The van der Waals surface area contributed by atoms with Crippen LogP contribution in [0, 0.1) is 5.92 Å². The Kier molecular flexibility index (Phi) is 10.1. The van der Waals surface area contributed by atoms with Crippen LogP contribution in [0.25, 0.3) is 0 Å². The molecule has 0 aliphatic rings. The maximum atomic E-state index is 13.3. The number of nitrogens with two attached hydrogens (primary N) is 1. The smallest absolute Gasteiger partial charge is 0.404 e. The van der Waals surface area contributed by atoms with Crippen molar-refractivity contribution < 1.29 is 28.2 Å². The zero-order chi connectivity index (χ0) is 27.7. The Bertz CT molecular complexity index is 1270. The summed E-state index contributed by atoms with van der Waals surface area (Å²) in [5.74, 6) is 0.624. The predicted molar refractivity (Wildman–Crippen MR) is 146 cm³/mol. The Labute approximate surface area is 223 Å². The fourth-order valence-electron chi connectivity index (χ4n) is 3.96. The second kappa shape index (κ2) is 13.3. The molecule has 0 spiro atoms. The molecular weight excluding hydrogens is 506 g/mol. The lowest BCUT2D eigenvalue weighted by molar-refractivity contribution is 0.0980.